The lowest BCUT2D eigenvalue weighted by molar-refractivity contribution is -0.104. The maximum absolute atomic E-state index is 12.6. The molecule has 0 aromatic carbocycles. The second-order valence-corrected chi connectivity index (χ2v) is 3.82. The fraction of sp³-hybridized carbons (Fsp3) is 0.500. The van der Waals surface area contributed by atoms with E-state index in [2.05, 4.69) is 4.98 Å². The molecule has 0 bridgehead atoms. The van der Waals surface area contributed by atoms with Gasteiger partial charge in [-0.2, -0.15) is 0 Å². The van der Waals surface area contributed by atoms with Crippen molar-refractivity contribution in [1.29, 1.82) is 0 Å². The molecule has 2 rings (SSSR count). The average molecular weight is 218 g/mol. The summed E-state index contributed by atoms with van der Waals surface area (Å²) in [4.78, 5) is 13.2. The molecule has 6 heteroatoms. The van der Waals surface area contributed by atoms with Crippen LogP contribution < -0.4 is 5.56 Å². The number of hydrogen-bond donors (Lipinski definition) is 1. The minimum atomic E-state index is -2.57. The van der Waals surface area contributed by atoms with Gasteiger partial charge in [-0.05, 0) is 12.2 Å². The standard InChI is InChI=1S/C8H8F2N2OS/c9-8(10)3-5(4-8)12-2-1-6(13)11-7(12)14/h1-2,5H,3-4H2,(H,11,13,14). The normalized spacial score (nSPS) is 20.4. The first-order valence-corrected chi connectivity index (χ1v) is 4.58. The third-order valence-corrected chi connectivity index (χ3v) is 2.63. The highest BCUT2D eigenvalue weighted by molar-refractivity contribution is 7.71. The molecule has 1 N–H and O–H groups in total. The first-order valence-electron chi connectivity index (χ1n) is 4.17. The minimum Gasteiger partial charge on any atom is -0.322 e. The van der Waals surface area contributed by atoms with Gasteiger partial charge in [0.05, 0.1) is 0 Å². The summed E-state index contributed by atoms with van der Waals surface area (Å²) in [5, 5.41) is 0. The molecule has 1 aliphatic carbocycles. The molecule has 0 amide bonds. The lowest BCUT2D eigenvalue weighted by Crippen LogP contribution is -2.37. The molecule has 0 unspecified atom stereocenters. The minimum absolute atomic E-state index is 0.201. The van der Waals surface area contributed by atoms with Gasteiger partial charge in [-0.3, -0.25) is 9.78 Å². The first kappa shape index (κ1) is 9.51. The van der Waals surface area contributed by atoms with Crippen molar-refractivity contribution in [3.63, 3.8) is 0 Å². The first-order chi connectivity index (χ1) is 6.48. The molecule has 1 aromatic rings. The van der Waals surface area contributed by atoms with Crippen LogP contribution in [-0.4, -0.2) is 15.5 Å². The highest BCUT2D eigenvalue weighted by Gasteiger charge is 2.46. The van der Waals surface area contributed by atoms with Crippen LogP contribution in [0.3, 0.4) is 0 Å². The van der Waals surface area contributed by atoms with E-state index in [9.17, 15) is 13.6 Å². The Kier molecular flexibility index (Phi) is 2.02. The molecular formula is C8H8F2N2OS. The van der Waals surface area contributed by atoms with E-state index in [-0.39, 0.29) is 29.2 Å². The van der Waals surface area contributed by atoms with Gasteiger partial charge in [-0.25, -0.2) is 8.78 Å². The van der Waals surface area contributed by atoms with Gasteiger partial charge >= 0.3 is 0 Å². The Hall–Kier alpha value is -1.04. The molecule has 1 heterocycles. The van der Waals surface area contributed by atoms with E-state index in [1.165, 1.54) is 16.8 Å². The maximum atomic E-state index is 12.6. The Labute approximate surface area is 83.4 Å². The summed E-state index contributed by atoms with van der Waals surface area (Å²) in [6.45, 7) is 0. The van der Waals surface area contributed by atoms with Crippen LogP contribution in [-0.2, 0) is 0 Å². The van der Waals surface area contributed by atoms with E-state index >= 15 is 0 Å². The summed E-state index contributed by atoms with van der Waals surface area (Å²) in [6.07, 6.45) is 1.06. The third-order valence-electron chi connectivity index (χ3n) is 2.31. The van der Waals surface area contributed by atoms with E-state index in [4.69, 9.17) is 12.2 Å². The lowest BCUT2D eigenvalue weighted by atomic mass is 9.88. The second kappa shape index (κ2) is 2.98. The van der Waals surface area contributed by atoms with Crippen molar-refractivity contribution < 1.29 is 8.78 Å². The quantitative estimate of drug-likeness (QED) is 0.731. The summed E-state index contributed by atoms with van der Waals surface area (Å²) >= 11 is 4.85. The molecule has 0 saturated heterocycles. The number of halogens is 2. The molecule has 0 aliphatic heterocycles. The van der Waals surface area contributed by atoms with Crippen molar-refractivity contribution in [2.45, 2.75) is 24.8 Å². The van der Waals surface area contributed by atoms with Crippen molar-refractivity contribution in [2.24, 2.45) is 0 Å². The lowest BCUT2D eigenvalue weighted by Gasteiger charge is -2.36. The van der Waals surface area contributed by atoms with Crippen molar-refractivity contribution >= 4 is 12.2 Å². The predicted octanol–water partition coefficient (Wildman–Crippen LogP) is 1.88. The highest BCUT2D eigenvalue weighted by atomic mass is 32.1. The largest absolute Gasteiger partial charge is 0.322 e. The fourth-order valence-corrected chi connectivity index (χ4v) is 1.85. The predicted molar refractivity (Wildman–Crippen MR) is 49.1 cm³/mol. The van der Waals surface area contributed by atoms with Crippen LogP contribution in [0.5, 0.6) is 0 Å². The summed E-state index contributed by atoms with van der Waals surface area (Å²) in [5.41, 5.74) is -0.308. The summed E-state index contributed by atoms with van der Waals surface area (Å²) in [6, 6.07) is 1.00. The van der Waals surface area contributed by atoms with Crippen LogP contribution >= 0.6 is 12.2 Å². The van der Waals surface area contributed by atoms with Gasteiger partial charge in [0.2, 0.25) is 0 Å². The molecule has 1 saturated carbocycles. The molecule has 1 aliphatic rings. The highest BCUT2D eigenvalue weighted by Crippen LogP contribution is 2.45. The third kappa shape index (κ3) is 1.61. The molecule has 0 spiro atoms. The van der Waals surface area contributed by atoms with Gasteiger partial charge in [0.15, 0.2) is 4.77 Å². The van der Waals surface area contributed by atoms with E-state index < -0.39 is 5.92 Å². The monoisotopic (exact) mass is 218 g/mol. The number of nitrogens with zero attached hydrogens (tertiary/aromatic N) is 1. The molecular weight excluding hydrogens is 210 g/mol. The smallest absolute Gasteiger partial charge is 0.252 e. The van der Waals surface area contributed by atoms with Gasteiger partial charge < -0.3 is 4.57 Å². The summed E-state index contributed by atoms with van der Waals surface area (Å²) in [7, 11) is 0. The van der Waals surface area contributed by atoms with Gasteiger partial charge in [0.25, 0.3) is 11.5 Å². The number of hydrogen-bond acceptors (Lipinski definition) is 2. The average Bonchev–Trinajstić information content (AvgIpc) is 2.00. The van der Waals surface area contributed by atoms with Crippen molar-refractivity contribution in [3.05, 3.63) is 27.4 Å². The van der Waals surface area contributed by atoms with Gasteiger partial charge in [0.1, 0.15) is 0 Å². The van der Waals surface area contributed by atoms with Crippen molar-refractivity contribution in [1.82, 2.24) is 9.55 Å². The van der Waals surface area contributed by atoms with Crippen molar-refractivity contribution in [2.75, 3.05) is 0 Å². The second-order valence-electron chi connectivity index (χ2n) is 3.44. The molecule has 0 atom stereocenters. The number of aromatic amines is 1. The number of alkyl halides is 2. The molecule has 76 valence electrons. The molecule has 1 fully saturated rings. The van der Waals surface area contributed by atoms with Crippen LogP contribution in [0.15, 0.2) is 17.1 Å². The van der Waals surface area contributed by atoms with Crippen LogP contribution in [0.25, 0.3) is 0 Å². The zero-order valence-electron chi connectivity index (χ0n) is 7.17. The topological polar surface area (TPSA) is 37.8 Å². The maximum Gasteiger partial charge on any atom is 0.252 e. The van der Waals surface area contributed by atoms with E-state index in [0.29, 0.717) is 0 Å². The Morgan fingerprint density at radius 2 is 2.21 bits per heavy atom. The van der Waals surface area contributed by atoms with Crippen LogP contribution in [0.1, 0.15) is 18.9 Å². The SMILES string of the molecule is O=c1ccn(C2CC(F)(F)C2)c(=S)[nH]1. The van der Waals surface area contributed by atoms with Crippen LogP contribution in [0.2, 0.25) is 0 Å². The molecule has 1 aromatic heterocycles. The zero-order valence-corrected chi connectivity index (χ0v) is 7.98. The Morgan fingerprint density at radius 1 is 1.57 bits per heavy atom. The Balaban J connectivity index is 2.28. The van der Waals surface area contributed by atoms with E-state index in [0.717, 1.165) is 0 Å². The summed E-state index contributed by atoms with van der Waals surface area (Å²) in [5.74, 6) is -2.57. The van der Waals surface area contributed by atoms with Crippen molar-refractivity contribution in [3.8, 4) is 0 Å². The molecule has 0 radical (unpaired) electrons. The zero-order chi connectivity index (χ0) is 10.3. The Bertz CT molecular complexity index is 457. The summed E-state index contributed by atoms with van der Waals surface area (Å²) < 4.78 is 26.8. The Morgan fingerprint density at radius 3 is 2.71 bits per heavy atom. The molecule has 3 nitrogen and oxygen atoms in total. The van der Waals surface area contributed by atoms with Gasteiger partial charge in [-0.15, -0.1) is 0 Å². The van der Waals surface area contributed by atoms with Crippen LogP contribution in [0.4, 0.5) is 8.78 Å². The number of nitrogens with one attached hydrogen (secondary N) is 1. The van der Waals surface area contributed by atoms with Gasteiger partial charge in [-0.1, -0.05) is 0 Å². The number of aromatic nitrogens is 2. The van der Waals surface area contributed by atoms with E-state index in [1.54, 1.807) is 0 Å². The number of rotatable bonds is 1. The number of H-pyrrole nitrogens is 1. The van der Waals surface area contributed by atoms with Crippen LogP contribution in [0, 0.1) is 4.77 Å². The van der Waals surface area contributed by atoms with E-state index in [1.807, 2.05) is 0 Å². The van der Waals surface area contributed by atoms with Gasteiger partial charge in [0, 0.05) is 31.1 Å². The molecule has 14 heavy (non-hydrogen) atoms. The fourth-order valence-electron chi connectivity index (χ4n) is 1.54.